The van der Waals surface area contributed by atoms with Gasteiger partial charge in [-0.15, -0.1) is 5.75 Å². The van der Waals surface area contributed by atoms with E-state index in [2.05, 4.69) is 13.8 Å². The summed E-state index contributed by atoms with van der Waals surface area (Å²) in [4.78, 5) is -1.10. The summed E-state index contributed by atoms with van der Waals surface area (Å²) in [6.45, 7) is 4.46. The smallest absolute Gasteiger partial charge is 0.872 e. The van der Waals surface area contributed by atoms with E-state index in [0.717, 1.165) is 37.8 Å². The number of unbranched alkanes of at least 4 members (excludes halogenated alkanes) is 14. The summed E-state index contributed by atoms with van der Waals surface area (Å²) in [6.07, 6.45) is 22.5. The Balaban J connectivity index is 0.000000387. The topological polar surface area (TPSA) is 173 Å². The zero-order valence-corrected chi connectivity index (χ0v) is 37.3. The molecule has 0 fully saturated rings. The number of aromatic hydroxyl groups is 1. The SMILES string of the molecule is CCCCCCCCCCc1ccc(Oc2ccc(O)cc2S(=O)(=O)O)cc1.CCCCCCCCCCc1ccc(Oc2ccc([O-])cc2S(=O)(=O)[O-])cc1.[Ca+2]. The first kappa shape index (κ1) is 50.3. The molecule has 13 heteroatoms. The molecule has 0 aliphatic carbocycles. The quantitative estimate of drug-likeness (QED) is 0.0392. The Bertz CT molecular complexity index is 1810. The number of benzene rings is 4. The van der Waals surface area contributed by atoms with Crippen molar-refractivity contribution in [2.75, 3.05) is 0 Å². The fraction of sp³-hybridized carbons (Fsp3) is 0.455. The third-order valence-electron chi connectivity index (χ3n) is 9.33. The first-order valence-electron chi connectivity index (χ1n) is 19.9. The van der Waals surface area contributed by atoms with Gasteiger partial charge in [0.2, 0.25) is 0 Å². The molecule has 10 nitrogen and oxygen atoms in total. The molecule has 0 aromatic heterocycles. The Morgan fingerprint density at radius 1 is 0.526 bits per heavy atom. The molecule has 0 amide bonds. The number of phenolic OH excluding ortho intramolecular Hbond substituents is 1. The van der Waals surface area contributed by atoms with Crippen LogP contribution in [0.3, 0.4) is 0 Å². The van der Waals surface area contributed by atoms with Crippen LogP contribution in [0.5, 0.6) is 34.5 Å². The summed E-state index contributed by atoms with van der Waals surface area (Å²) in [6, 6.07) is 21.6. The number of phenols is 1. The van der Waals surface area contributed by atoms with Gasteiger partial charge in [-0.3, -0.25) is 4.55 Å². The minimum atomic E-state index is -4.78. The maximum Gasteiger partial charge on any atom is 2.00 e. The van der Waals surface area contributed by atoms with Gasteiger partial charge >= 0.3 is 37.7 Å². The van der Waals surface area contributed by atoms with Crippen molar-refractivity contribution in [3.63, 3.8) is 0 Å². The van der Waals surface area contributed by atoms with E-state index in [1.165, 1.54) is 125 Å². The molecule has 0 unspecified atom stereocenters. The molecule has 0 aliphatic rings. The van der Waals surface area contributed by atoms with Gasteiger partial charge in [-0.1, -0.05) is 134 Å². The predicted octanol–water partition coefficient (Wildman–Crippen LogP) is 10.9. The van der Waals surface area contributed by atoms with Crippen LogP contribution in [0.15, 0.2) is 94.7 Å². The van der Waals surface area contributed by atoms with Gasteiger partial charge in [0.25, 0.3) is 10.1 Å². The van der Waals surface area contributed by atoms with E-state index in [1.807, 2.05) is 24.3 Å². The van der Waals surface area contributed by atoms with Gasteiger partial charge in [-0.25, -0.2) is 8.42 Å². The predicted molar refractivity (Wildman–Crippen MR) is 223 cm³/mol. The standard InChI is InChI=1S/2C22H30O5S.Ca/c2*1-2-3-4-5-6-7-8-9-10-18-11-14-20(15-12-18)27-21-16-13-19(23)17-22(21)28(24,25)26;/h2*11-17,23H,2-10H2,1H3,(H,24,25,26);/q;;+2/p-2. The van der Waals surface area contributed by atoms with Crippen LogP contribution in [-0.4, -0.2) is 68.8 Å². The molecule has 0 aliphatic heterocycles. The molecule has 4 aromatic rings. The Morgan fingerprint density at radius 2 is 0.912 bits per heavy atom. The third-order valence-corrected chi connectivity index (χ3v) is 11.1. The van der Waals surface area contributed by atoms with Crippen LogP contribution in [-0.2, 0) is 33.1 Å². The van der Waals surface area contributed by atoms with E-state index >= 15 is 0 Å². The molecule has 308 valence electrons. The fourth-order valence-electron chi connectivity index (χ4n) is 6.18. The number of aryl methyl sites for hydroxylation is 2. The maximum absolute atomic E-state index is 11.5. The van der Waals surface area contributed by atoms with Crippen molar-refractivity contribution in [2.24, 2.45) is 0 Å². The summed E-state index contributed by atoms with van der Waals surface area (Å²) in [5, 5.41) is 20.8. The molecule has 0 heterocycles. The van der Waals surface area contributed by atoms with Gasteiger partial charge in [-0.05, 0) is 85.3 Å². The Hall–Kier alpha value is -2.84. The summed E-state index contributed by atoms with van der Waals surface area (Å²) in [5.74, 6) is -0.0943. The van der Waals surface area contributed by atoms with E-state index in [-0.39, 0.29) is 55.0 Å². The molecule has 2 N–H and O–H groups in total. The van der Waals surface area contributed by atoms with Gasteiger partial charge in [0, 0.05) is 6.07 Å². The van der Waals surface area contributed by atoms with Gasteiger partial charge in [0.05, 0.1) is 4.90 Å². The molecule has 0 saturated carbocycles. The van der Waals surface area contributed by atoms with E-state index < -0.39 is 35.8 Å². The average Bonchev–Trinajstić information content (AvgIpc) is 3.16. The van der Waals surface area contributed by atoms with Crippen LogP contribution in [0.1, 0.15) is 128 Å². The third kappa shape index (κ3) is 20.1. The Morgan fingerprint density at radius 3 is 1.32 bits per heavy atom. The largest absolute Gasteiger partial charge is 2.00 e. The van der Waals surface area contributed by atoms with E-state index in [9.17, 15) is 36.2 Å². The van der Waals surface area contributed by atoms with Crippen LogP contribution in [0.2, 0.25) is 0 Å². The van der Waals surface area contributed by atoms with E-state index in [4.69, 9.17) is 9.47 Å². The van der Waals surface area contributed by atoms with Crippen molar-refractivity contribution in [3.8, 4) is 34.5 Å². The molecule has 0 spiro atoms. The van der Waals surface area contributed by atoms with E-state index in [1.54, 1.807) is 24.3 Å². The number of rotatable bonds is 24. The molecular weight excluding hydrogens is 793 g/mol. The maximum atomic E-state index is 11.5. The monoisotopic (exact) mass is 850 g/mol. The summed E-state index contributed by atoms with van der Waals surface area (Å²) < 4.78 is 77.3. The second-order valence-corrected chi connectivity index (χ2v) is 16.8. The van der Waals surface area contributed by atoms with Gasteiger partial charge in [0.1, 0.15) is 43.8 Å². The summed E-state index contributed by atoms with van der Waals surface area (Å²) in [7, 11) is -9.28. The second kappa shape index (κ2) is 27.0. The molecule has 4 aromatic carbocycles. The Labute approximate surface area is 370 Å². The van der Waals surface area contributed by atoms with Crippen LogP contribution >= 0.6 is 0 Å². The minimum Gasteiger partial charge on any atom is -0.872 e. The molecular formula is C44H58CaO10S2. The normalized spacial score (nSPS) is 11.3. The fourth-order valence-corrected chi connectivity index (χ4v) is 7.43. The number of hydrogen-bond acceptors (Lipinski definition) is 9. The van der Waals surface area contributed by atoms with Crippen molar-refractivity contribution in [2.45, 2.75) is 139 Å². The first-order valence-corrected chi connectivity index (χ1v) is 22.8. The van der Waals surface area contributed by atoms with Crippen LogP contribution < -0.4 is 14.6 Å². The molecule has 0 saturated heterocycles. The first-order chi connectivity index (χ1) is 26.8. The van der Waals surface area contributed by atoms with Crippen LogP contribution in [0.4, 0.5) is 0 Å². The number of hydrogen-bond donors (Lipinski definition) is 2. The summed E-state index contributed by atoms with van der Waals surface area (Å²) in [5.41, 5.74) is 2.39. The van der Waals surface area contributed by atoms with Gasteiger partial charge in [0.15, 0.2) is 0 Å². The zero-order chi connectivity index (χ0) is 40.8. The molecule has 57 heavy (non-hydrogen) atoms. The van der Waals surface area contributed by atoms with Crippen molar-refractivity contribution in [1.29, 1.82) is 0 Å². The molecule has 0 radical (unpaired) electrons. The summed E-state index contributed by atoms with van der Waals surface area (Å²) >= 11 is 0. The van der Waals surface area contributed by atoms with Crippen LogP contribution in [0.25, 0.3) is 0 Å². The van der Waals surface area contributed by atoms with Crippen molar-refractivity contribution >= 4 is 58.0 Å². The van der Waals surface area contributed by atoms with E-state index in [0.29, 0.717) is 11.5 Å². The molecule has 4 rings (SSSR count). The van der Waals surface area contributed by atoms with Crippen LogP contribution in [0, 0.1) is 0 Å². The average molecular weight is 851 g/mol. The van der Waals surface area contributed by atoms with Gasteiger partial charge < -0.3 is 24.2 Å². The Kier molecular flexibility index (Phi) is 23.8. The zero-order valence-electron chi connectivity index (χ0n) is 33.5. The van der Waals surface area contributed by atoms with Crippen molar-refractivity contribution < 1.29 is 45.6 Å². The van der Waals surface area contributed by atoms with Gasteiger partial charge in [-0.2, -0.15) is 8.42 Å². The van der Waals surface area contributed by atoms with Crippen molar-refractivity contribution in [3.05, 3.63) is 96.1 Å². The second-order valence-electron chi connectivity index (χ2n) is 14.1. The van der Waals surface area contributed by atoms with Crippen molar-refractivity contribution in [1.82, 2.24) is 0 Å². The molecule has 0 bridgehead atoms. The minimum absolute atomic E-state index is 0. The molecule has 0 atom stereocenters. The number of ether oxygens (including phenoxy) is 2.